The van der Waals surface area contributed by atoms with Gasteiger partial charge < -0.3 is 10.1 Å². The highest BCUT2D eigenvalue weighted by Crippen LogP contribution is 2.20. The van der Waals surface area contributed by atoms with Crippen LogP contribution in [0.4, 0.5) is 0 Å². The van der Waals surface area contributed by atoms with Crippen molar-refractivity contribution in [2.45, 2.75) is 32.6 Å². The summed E-state index contributed by atoms with van der Waals surface area (Å²) in [5.74, 6) is 0.511. The molecule has 0 fully saturated rings. The average molecular weight is 254 g/mol. The summed E-state index contributed by atoms with van der Waals surface area (Å²) in [6.07, 6.45) is 0.779. The van der Waals surface area contributed by atoms with E-state index in [1.807, 2.05) is 25.1 Å². The molecule has 1 heterocycles. The van der Waals surface area contributed by atoms with Crippen molar-refractivity contribution in [2.24, 2.45) is 0 Å². The van der Waals surface area contributed by atoms with Crippen LogP contribution in [0, 0.1) is 0 Å². The summed E-state index contributed by atoms with van der Waals surface area (Å²) in [5.41, 5.74) is 2.98. The van der Waals surface area contributed by atoms with Crippen LogP contribution >= 0.6 is 11.6 Å². The van der Waals surface area contributed by atoms with Crippen molar-refractivity contribution in [2.75, 3.05) is 5.88 Å². The van der Waals surface area contributed by atoms with E-state index in [-0.39, 0.29) is 11.9 Å². The maximum Gasteiger partial charge on any atom is 0.251 e. The van der Waals surface area contributed by atoms with Gasteiger partial charge in [-0.2, -0.15) is 0 Å². The molecular weight excluding hydrogens is 238 g/mol. The second-order valence-electron chi connectivity index (χ2n) is 4.33. The number of carbonyl (C=O) groups excluding carboxylic acids is 1. The Kier molecular flexibility index (Phi) is 4.02. The first-order chi connectivity index (χ1) is 8.20. The van der Waals surface area contributed by atoms with Gasteiger partial charge in [-0.05, 0) is 36.6 Å². The van der Waals surface area contributed by atoms with Gasteiger partial charge in [0.05, 0.1) is 13.2 Å². The van der Waals surface area contributed by atoms with Crippen molar-refractivity contribution in [3.63, 3.8) is 0 Å². The normalized spacial score (nSPS) is 15.4. The summed E-state index contributed by atoms with van der Waals surface area (Å²) >= 11 is 5.63. The Hall–Kier alpha value is -1.06. The van der Waals surface area contributed by atoms with Crippen LogP contribution < -0.4 is 5.32 Å². The van der Waals surface area contributed by atoms with Crippen LogP contribution in [0.25, 0.3) is 0 Å². The highest BCUT2D eigenvalue weighted by atomic mass is 35.5. The summed E-state index contributed by atoms with van der Waals surface area (Å²) in [7, 11) is 0. The lowest BCUT2D eigenvalue weighted by molar-refractivity contribution is 0.0939. The van der Waals surface area contributed by atoms with Gasteiger partial charge >= 0.3 is 0 Å². The van der Waals surface area contributed by atoms with Crippen LogP contribution in [0.2, 0.25) is 0 Å². The first-order valence-corrected chi connectivity index (χ1v) is 6.30. The molecule has 0 saturated carbocycles. The molecule has 1 amide bonds. The molecule has 0 bridgehead atoms. The molecule has 1 aromatic rings. The van der Waals surface area contributed by atoms with Crippen LogP contribution in [-0.4, -0.2) is 17.8 Å². The molecule has 17 heavy (non-hydrogen) atoms. The standard InChI is InChI=1S/C13H16ClNO2/c1-9(4-5-14)15-13(16)10-2-3-11-7-17-8-12(11)6-10/h2-3,6,9H,4-5,7-8H2,1H3,(H,15,16). The van der Waals surface area contributed by atoms with Crippen LogP contribution in [0.3, 0.4) is 0 Å². The predicted octanol–water partition coefficient (Wildman–Crippen LogP) is 2.46. The number of carbonyl (C=O) groups is 1. The first kappa shape index (κ1) is 12.4. The van der Waals surface area contributed by atoms with Crippen molar-refractivity contribution in [1.29, 1.82) is 0 Å². The SMILES string of the molecule is CC(CCCl)NC(=O)c1ccc2c(c1)COC2. The summed E-state index contributed by atoms with van der Waals surface area (Å²) < 4.78 is 5.32. The summed E-state index contributed by atoms with van der Waals surface area (Å²) in [5, 5.41) is 2.92. The van der Waals surface area contributed by atoms with Gasteiger partial charge in [0.1, 0.15) is 0 Å². The lowest BCUT2D eigenvalue weighted by Gasteiger charge is -2.12. The number of ether oxygens (including phenoxy) is 1. The molecule has 1 aliphatic rings. The van der Waals surface area contributed by atoms with E-state index < -0.39 is 0 Å². The van der Waals surface area contributed by atoms with E-state index in [2.05, 4.69) is 5.32 Å². The molecule has 1 N–H and O–H groups in total. The fourth-order valence-electron chi connectivity index (χ4n) is 1.86. The minimum atomic E-state index is -0.0442. The fourth-order valence-corrected chi connectivity index (χ4v) is 2.18. The maximum absolute atomic E-state index is 11.9. The van der Waals surface area contributed by atoms with Crippen molar-refractivity contribution >= 4 is 17.5 Å². The van der Waals surface area contributed by atoms with Crippen LogP contribution in [0.5, 0.6) is 0 Å². The van der Waals surface area contributed by atoms with Gasteiger partial charge in [0.15, 0.2) is 0 Å². The van der Waals surface area contributed by atoms with E-state index in [1.165, 1.54) is 5.56 Å². The number of hydrogen-bond acceptors (Lipinski definition) is 2. The molecule has 1 aromatic carbocycles. The average Bonchev–Trinajstić information content (AvgIpc) is 2.75. The number of halogens is 1. The second kappa shape index (κ2) is 5.52. The van der Waals surface area contributed by atoms with Crippen LogP contribution in [0.15, 0.2) is 18.2 Å². The van der Waals surface area contributed by atoms with Crippen molar-refractivity contribution in [3.05, 3.63) is 34.9 Å². The largest absolute Gasteiger partial charge is 0.372 e. The number of fused-ring (bicyclic) bond motifs is 1. The van der Waals surface area contributed by atoms with E-state index in [0.29, 0.717) is 24.7 Å². The molecule has 0 radical (unpaired) electrons. The maximum atomic E-state index is 11.9. The number of benzene rings is 1. The molecule has 3 nitrogen and oxygen atoms in total. The number of alkyl halides is 1. The minimum Gasteiger partial charge on any atom is -0.372 e. The van der Waals surface area contributed by atoms with E-state index in [9.17, 15) is 4.79 Å². The van der Waals surface area contributed by atoms with Crippen molar-refractivity contribution in [3.8, 4) is 0 Å². The zero-order valence-corrected chi connectivity index (χ0v) is 10.6. The molecule has 0 aliphatic carbocycles. The molecule has 1 unspecified atom stereocenters. The molecule has 0 aromatic heterocycles. The number of amides is 1. The zero-order chi connectivity index (χ0) is 12.3. The summed E-state index contributed by atoms with van der Waals surface area (Å²) in [6, 6.07) is 5.81. The molecule has 2 rings (SSSR count). The lowest BCUT2D eigenvalue weighted by Crippen LogP contribution is -2.32. The smallest absolute Gasteiger partial charge is 0.251 e. The van der Waals surface area contributed by atoms with Crippen molar-refractivity contribution < 1.29 is 9.53 Å². The third-order valence-corrected chi connectivity index (χ3v) is 3.12. The highest BCUT2D eigenvalue weighted by molar-refractivity contribution is 6.17. The third kappa shape index (κ3) is 2.99. The first-order valence-electron chi connectivity index (χ1n) is 5.77. The fraction of sp³-hybridized carbons (Fsp3) is 0.462. The Bertz CT molecular complexity index is 420. The van der Waals surface area contributed by atoms with E-state index in [4.69, 9.17) is 16.3 Å². The van der Waals surface area contributed by atoms with Gasteiger partial charge in [-0.15, -0.1) is 11.6 Å². The molecule has 92 valence electrons. The van der Waals surface area contributed by atoms with Gasteiger partial charge in [0, 0.05) is 17.5 Å². The van der Waals surface area contributed by atoms with Crippen LogP contribution in [-0.2, 0) is 18.0 Å². The highest BCUT2D eigenvalue weighted by Gasteiger charge is 2.15. The Labute approximate surface area is 106 Å². The van der Waals surface area contributed by atoms with Gasteiger partial charge in [-0.1, -0.05) is 6.07 Å². The molecule has 0 saturated heterocycles. The Morgan fingerprint density at radius 1 is 1.47 bits per heavy atom. The Balaban J connectivity index is 2.04. The van der Waals surface area contributed by atoms with E-state index >= 15 is 0 Å². The zero-order valence-electron chi connectivity index (χ0n) is 9.83. The summed E-state index contributed by atoms with van der Waals surface area (Å²) in [6.45, 7) is 3.21. The van der Waals surface area contributed by atoms with Gasteiger partial charge in [0.25, 0.3) is 5.91 Å². The topological polar surface area (TPSA) is 38.3 Å². The molecule has 1 atom stereocenters. The third-order valence-electron chi connectivity index (χ3n) is 2.90. The number of nitrogens with one attached hydrogen (secondary N) is 1. The second-order valence-corrected chi connectivity index (χ2v) is 4.71. The molecule has 1 aliphatic heterocycles. The Morgan fingerprint density at radius 3 is 3.00 bits per heavy atom. The van der Waals surface area contributed by atoms with Crippen molar-refractivity contribution in [1.82, 2.24) is 5.32 Å². The van der Waals surface area contributed by atoms with E-state index in [1.54, 1.807) is 0 Å². The molecular formula is C13H16ClNO2. The predicted molar refractivity (Wildman–Crippen MR) is 67.2 cm³/mol. The van der Waals surface area contributed by atoms with Gasteiger partial charge in [-0.25, -0.2) is 0 Å². The minimum absolute atomic E-state index is 0.0442. The molecule has 0 spiro atoms. The monoisotopic (exact) mass is 253 g/mol. The lowest BCUT2D eigenvalue weighted by atomic mass is 10.1. The van der Waals surface area contributed by atoms with Crippen LogP contribution in [0.1, 0.15) is 34.8 Å². The Morgan fingerprint density at radius 2 is 2.24 bits per heavy atom. The van der Waals surface area contributed by atoms with Gasteiger partial charge in [0.2, 0.25) is 0 Å². The van der Waals surface area contributed by atoms with E-state index in [0.717, 1.165) is 12.0 Å². The number of rotatable bonds is 4. The van der Waals surface area contributed by atoms with Gasteiger partial charge in [-0.3, -0.25) is 4.79 Å². The molecule has 4 heteroatoms. The number of hydrogen-bond donors (Lipinski definition) is 1. The summed E-state index contributed by atoms with van der Waals surface area (Å²) in [4.78, 5) is 11.9. The quantitative estimate of drug-likeness (QED) is 0.838.